The van der Waals surface area contributed by atoms with Gasteiger partial charge in [-0.1, -0.05) is 25.1 Å². The minimum atomic E-state index is -0.495. The molecule has 1 aliphatic carbocycles. The minimum absolute atomic E-state index is 0.303. The van der Waals surface area contributed by atoms with E-state index >= 15 is 0 Å². The van der Waals surface area contributed by atoms with Crippen molar-refractivity contribution >= 4 is 10.9 Å². The summed E-state index contributed by atoms with van der Waals surface area (Å²) in [4.78, 5) is 6.31. The molecule has 3 aliphatic heterocycles. The lowest BCUT2D eigenvalue weighted by atomic mass is 9.63. The first-order chi connectivity index (χ1) is 10.7. The Morgan fingerprint density at radius 2 is 2.23 bits per heavy atom. The first-order valence-electron chi connectivity index (χ1n) is 8.75. The molecular formula is C19H24N2O. The van der Waals surface area contributed by atoms with Gasteiger partial charge in [-0.25, -0.2) is 0 Å². The Morgan fingerprint density at radius 1 is 1.36 bits per heavy atom. The molecule has 6 rings (SSSR count). The highest BCUT2D eigenvalue weighted by Gasteiger charge is 2.55. The summed E-state index contributed by atoms with van der Waals surface area (Å²) in [5, 5.41) is 12.6. The van der Waals surface area contributed by atoms with Crippen molar-refractivity contribution < 1.29 is 5.11 Å². The van der Waals surface area contributed by atoms with Gasteiger partial charge in [-0.2, -0.15) is 0 Å². The third kappa shape index (κ3) is 1.59. The molecule has 1 aromatic heterocycles. The third-order valence-corrected chi connectivity index (χ3v) is 6.53. The van der Waals surface area contributed by atoms with Crippen molar-refractivity contribution in [3.8, 4) is 0 Å². The van der Waals surface area contributed by atoms with Gasteiger partial charge in [0.25, 0.3) is 0 Å². The zero-order valence-corrected chi connectivity index (χ0v) is 13.2. The molecule has 22 heavy (non-hydrogen) atoms. The van der Waals surface area contributed by atoms with Crippen LogP contribution in [0, 0.1) is 5.92 Å². The van der Waals surface area contributed by atoms with Crippen LogP contribution in [0.25, 0.3) is 10.9 Å². The highest BCUT2D eigenvalue weighted by molar-refractivity contribution is 5.85. The van der Waals surface area contributed by atoms with Crippen molar-refractivity contribution in [2.24, 2.45) is 5.92 Å². The number of hydrogen-bond acceptors (Lipinski definition) is 2. The van der Waals surface area contributed by atoms with Crippen LogP contribution in [0.1, 0.15) is 43.4 Å². The van der Waals surface area contributed by atoms with E-state index < -0.39 is 5.60 Å². The number of para-hydroxylation sites is 1. The van der Waals surface area contributed by atoms with Crippen LogP contribution < -0.4 is 0 Å². The fraction of sp³-hybridized carbons (Fsp3) is 0.579. The molecule has 0 spiro atoms. The van der Waals surface area contributed by atoms with Crippen LogP contribution in [0.4, 0.5) is 0 Å². The average Bonchev–Trinajstić information content (AvgIpc) is 2.86. The molecule has 2 saturated heterocycles. The van der Waals surface area contributed by atoms with Crippen LogP contribution in [-0.4, -0.2) is 39.7 Å². The van der Waals surface area contributed by atoms with Crippen molar-refractivity contribution in [2.45, 2.75) is 50.2 Å². The number of fused-ring (bicyclic) bond motifs is 4. The number of hydrogen-bond donors (Lipinski definition) is 2. The molecule has 4 heterocycles. The van der Waals surface area contributed by atoms with Gasteiger partial charge < -0.3 is 10.1 Å². The largest absolute Gasteiger partial charge is 0.388 e. The number of nitrogens with one attached hydrogen (secondary N) is 1. The Kier molecular flexibility index (Phi) is 2.61. The monoisotopic (exact) mass is 296 g/mol. The SMILES string of the molecule is CC[C@]1(O)C[C@H]2C[C@@H]3c4[nH]c5ccccc5c4CCN(C2)[C@@H]31. The smallest absolute Gasteiger partial charge is 0.0809 e. The first-order valence-corrected chi connectivity index (χ1v) is 8.75. The van der Waals surface area contributed by atoms with E-state index in [4.69, 9.17) is 0 Å². The molecule has 3 fully saturated rings. The maximum Gasteiger partial charge on any atom is 0.0809 e. The molecule has 3 nitrogen and oxygen atoms in total. The Morgan fingerprint density at radius 3 is 3.09 bits per heavy atom. The van der Waals surface area contributed by atoms with E-state index in [1.165, 1.54) is 35.1 Å². The number of aliphatic hydroxyl groups is 1. The first kappa shape index (κ1) is 13.1. The summed E-state index contributed by atoms with van der Waals surface area (Å²) in [5.74, 6) is 1.12. The third-order valence-electron chi connectivity index (χ3n) is 6.53. The average molecular weight is 296 g/mol. The molecule has 1 unspecified atom stereocenters. The lowest BCUT2D eigenvalue weighted by Gasteiger charge is -2.57. The Balaban J connectivity index is 1.71. The van der Waals surface area contributed by atoms with Crippen LogP contribution in [0.15, 0.2) is 24.3 Å². The number of H-pyrrole nitrogens is 1. The van der Waals surface area contributed by atoms with Gasteiger partial charge in [-0.3, -0.25) is 4.90 Å². The number of rotatable bonds is 1. The summed E-state index contributed by atoms with van der Waals surface area (Å²) in [6.07, 6.45) is 4.22. The van der Waals surface area contributed by atoms with Gasteiger partial charge in [-0.05, 0) is 43.2 Å². The zero-order chi connectivity index (χ0) is 14.9. The molecule has 1 aromatic carbocycles. The lowest BCUT2D eigenvalue weighted by molar-refractivity contribution is -0.141. The van der Waals surface area contributed by atoms with Gasteiger partial charge in [0.15, 0.2) is 0 Å². The predicted octanol–water partition coefficient (Wildman–Crippen LogP) is 3.04. The molecule has 2 aromatic rings. The van der Waals surface area contributed by atoms with Crippen LogP contribution >= 0.6 is 0 Å². The number of aromatic amines is 1. The number of benzene rings is 1. The molecule has 3 heteroatoms. The van der Waals surface area contributed by atoms with Crippen LogP contribution in [0.2, 0.25) is 0 Å². The van der Waals surface area contributed by atoms with Crippen molar-refractivity contribution in [1.82, 2.24) is 9.88 Å². The van der Waals surface area contributed by atoms with Gasteiger partial charge in [0.05, 0.1) is 5.60 Å². The number of nitrogens with zero attached hydrogens (tertiary/aromatic N) is 1. The molecule has 0 radical (unpaired) electrons. The van der Waals surface area contributed by atoms with Gasteiger partial charge >= 0.3 is 0 Å². The van der Waals surface area contributed by atoms with Gasteiger partial charge in [0.1, 0.15) is 0 Å². The standard InChI is InChI=1S/C19H24N2O/c1-2-19(22)10-12-9-15-17-14(7-8-21(11-12)18(15)19)13-5-3-4-6-16(13)20-17/h3-6,12,15,18,20,22H,2,7-11H2,1H3/t12-,15-,18+,19+/m1/s1. The summed E-state index contributed by atoms with van der Waals surface area (Å²) in [6, 6.07) is 8.99. The molecule has 4 aliphatic rings. The maximum absolute atomic E-state index is 11.2. The minimum Gasteiger partial charge on any atom is -0.388 e. The van der Waals surface area contributed by atoms with Crippen molar-refractivity contribution in [2.75, 3.05) is 13.1 Å². The van der Waals surface area contributed by atoms with Crippen LogP contribution in [0.3, 0.4) is 0 Å². The Labute approximate surface area is 131 Å². The lowest BCUT2D eigenvalue weighted by Crippen LogP contribution is -2.65. The van der Waals surface area contributed by atoms with Crippen LogP contribution in [0.5, 0.6) is 0 Å². The zero-order valence-electron chi connectivity index (χ0n) is 13.2. The van der Waals surface area contributed by atoms with Gasteiger partial charge in [0.2, 0.25) is 0 Å². The van der Waals surface area contributed by atoms with Crippen molar-refractivity contribution in [1.29, 1.82) is 0 Å². The normalized spacial score (nSPS) is 39.7. The van der Waals surface area contributed by atoms with E-state index in [1.807, 2.05) is 0 Å². The van der Waals surface area contributed by atoms with E-state index in [2.05, 4.69) is 41.1 Å². The molecule has 5 atom stereocenters. The second-order valence-electron chi connectivity index (χ2n) is 7.62. The van der Waals surface area contributed by atoms with Crippen molar-refractivity contribution in [3.63, 3.8) is 0 Å². The fourth-order valence-corrected chi connectivity index (χ4v) is 5.67. The Hall–Kier alpha value is -1.32. The number of piperidine rings is 2. The molecular weight excluding hydrogens is 272 g/mol. The van der Waals surface area contributed by atoms with E-state index in [0.717, 1.165) is 25.8 Å². The maximum atomic E-state index is 11.2. The second kappa shape index (κ2) is 4.36. The van der Waals surface area contributed by atoms with Crippen LogP contribution in [-0.2, 0) is 6.42 Å². The topological polar surface area (TPSA) is 39.3 Å². The second-order valence-corrected chi connectivity index (χ2v) is 7.62. The highest BCUT2D eigenvalue weighted by Crippen LogP contribution is 2.52. The predicted molar refractivity (Wildman–Crippen MR) is 88.1 cm³/mol. The molecule has 0 amide bonds. The van der Waals surface area contributed by atoms with E-state index in [1.54, 1.807) is 0 Å². The molecule has 116 valence electrons. The number of aromatic nitrogens is 1. The molecule has 1 saturated carbocycles. The van der Waals surface area contributed by atoms with Crippen molar-refractivity contribution in [3.05, 3.63) is 35.5 Å². The Bertz CT molecular complexity index is 736. The molecule has 4 bridgehead atoms. The summed E-state index contributed by atoms with van der Waals surface area (Å²) in [5.41, 5.74) is 3.70. The fourth-order valence-electron chi connectivity index (χ4n) is 5.67. The van der Waals surface area contributed by atoms with E-state index in [-0.39, 0.29) is 0 Å². The summed E-state index contributed by atoms with van der Waals surface area (Å²) in [7, 11) is 0. The highest BCUT2D eigenvalue weighted by atomic mass is 16.3. The van der Waals surface area contributed by atoms with E-state index in [9.17, 15) is 5.11 Å². The molecule has 2 N–H and O–H groups in total. The summed E-state index contributed by atoms with van der Waals surface area (Å²) < 4.78 is 0. The summed E-state index contributed by atoms with van der Waals surface area (Å²) >= 11 is 0. The van der Waals surface area contributed by atoms with Gasteiger partial charge in [0, 0.05) is 41.6 Å². The van der Waals surface area contributed by atoms with Gasteiger partial charge in [-0.15, -0.1) is 0 Å². The summed E-state index contributed by atoms with van der Waals surface area (Å²) in [6.45, 7) is 4.43. The quantitative estimate of drug-likeness (QED) is 0.849. The van der Waals surface area contributed by atoms with E-state index in [0.29, 0.717) is 17.9 Å².